The molecule has 0 N–H and O–H groups in total. The predicted molar refractivity (Wildman–Crippen MR) is 53.7 cm³/mol. The van der Waals surface area contributed by atoms with Gasteiger partial charge in [-0.25, -0.2) is 0 Å². The van der Waals surface area contributed by atoms with E-state index in [4.69, 9.17) is 6.42 Å². The third kappa shape index (κ3) is 2.74. The molecule has 1 aliphatic rings. The Balaban J connectivity index is 2.17. The molecule has 0 nitrogen and oxygen atoms in total. The van der Waals surface area contributed by atoms with Crippen LogP contribution in [0.4, 0.5) is 0 Å². The topological polar surface area (TPSA) is 0 Å². The van der Waals surface area contributed by atoms with Crippen LogP contribution in [-0.4, -0.2) is 0 Å². The van der Waals surface area contributed by atoms with Crippen LogP contribution in [0.2, 0.25) is 0 Å². The van der Waals surface area contributed by atoms with E-state index in [-0.39, 0.29) is 0 Å². The average molecular weight is 162 g/mol. The molecule has 0 aliphatic heterocycles. The predicted octanol–water partition coefficient (Wildman–Crippen LogP) is 3.39. The zero-order chi connectivity index (χ0) is 9.03. The molecule has 0 amide bonds. The first-order valence-electron chi connectivity index (χ1n) is 4.82. The molecule has 0 aromatic heterocycles. The molecule has 0 bridgehead atoms. The fourth-order valence-corrected chi connectivity index (χ4v) is 1.44. The minimum atomic E-state index is 0.441. The van der Waals surface area contributed by atoms with Gasteiger partial charge in [0.15, 0.2) is 0 Å². The lowest BCUT2D eigenvalue weighted by Gasteiger charge is -2.15. The summed E-state index contributed by atoms with van der Waals surface area (Å²) >= 11 is 0. The SMILES string of the molecule is C#CCCC1(CCC(C)C)C=C1. The van der Waals surface area contributed by atoms with Gasteiger partial charge in [-0.1, -0.05) is 26.0 Å². The molecule has 0 saturated heterocycles. The molecular weight excluding hydrogens is 144 g/mol. The first-order chi connectivity index (χ1) is 5.68. The van der Waals surface area contributed by atoms with E-state index in [9.17, 15) is 0 Å². The molecule has 12 heavy (non-hydrogen) atoms. The van der Waals surface area contributed by atoms with E-state index < -0.39 is 0 Å². The summed E-state index contributed by atoms with van der Waals surface area (Å²) in [4.78, 5) is 0. The van der Waals surface area contributed by atoms with Gasteiger partial charge >= 0.3 is 0 Å². The smallest absolute Gasteiger partial charge is 0.00973 e. The van der Waals surface area contributed by atoms with Crippen molar-refractivity contribution in [1.29, 1.82) is 0 Å². The maximum absolute atomic E-state index is 5.24. The number of terminal acetylenes is 1. The minimum Gasteiger partial charge on any atom is -0.120 e. The van der Waals surface area contributed by atoms with Crippen LogP contribution in [0.25, 0.3) is 0 Å². The van der Waals surface area contributed by atoms with Gasteiger partial charge in [0.2, 0.25) is 0 Å². The van der Waals surface area contributed by atoms with E-state index in [1.807, 2.05) is 0 Å². The van der Waals surface area contributed by atoms with Crippen LogP contribution in [0.5, 0.6) is 0 Å². The highest BCUT2D eigenvalue weighted by atomic mass is 14.4. The Labute approximate surface area is 76.1 Å². The highest BCUT2D eigenvalue weighted by molar-refractivity contribution is 5.26. The van der Waals surface area contributed by atoms with Crippen LogP contribution >= 0.6 is 0 Å². The number of hydrogen-bond acceptors (Lipinski definition) is 0. The second-order valence-electron chi connectivity index (χ2n) is 4.20. The largest absolute Gasteiger partial charge is 0.120 e. The highest BCUT2D eigenvalue weighted by Crippen LogP contribution is 2.44. The van der Waals surface area contributed by atoms with Crippen molar-refractivity contribution in [2.45, 2.75) is 39.5 Å². The van der Waals surface area contributed by atoms with Crippen molar-refractivity contribution in [3.63, 3.8) is 0 Å². The summed E-state index contributed by atoms with van der Waals surface area (Å²) in [6, 6.07) is 0. The molecule has 0 heteroatoms. The molecule has 0 aromatic rings. The Kier molecular flexibility index (Phi) is 2.98. The lowest BCUT2D eigenvalue weighted by Crippen LogP contribution is -2.04. The summed E-state index contributed by atoms with van der Waals surface area (Å²) in [5.74, 6) is 3.53. The van der Waals surface area contributed by atoms with Gasteiger partial charge in [-0.15, -0.1) is 12.3 Å². The minimum absolute atomic E-state index is 0.441. The van der Waals surface area contributed by atoms with E-state index >= 15 is 0 Å². The van der Waals surface area contributed by atoms with Gasteiger partial charge in [-0.2, -0.15) is 0 Å². The van der Waals surface area contributed by atoms with Crippen LogP contribution in [0.15, 0.2) is 12.2 Å². The fraction of sp³-hybridized carbons (Fsp3) is 0.667. The van der Waals surface area contributed by atoms with E-state index in [0.717, 1.165) is 18.8 Å². The van der Waals surface area contributed by atoms with Crippen LogP contribution in [0.1, 0.15) is 39.5 Å². The standard InChI is InChI=1S/C12H18/c1-4-5-7-12(9-10-12)8-6-11(2)3/h1,9-11H,5-8H2,2-3H3. The average Bonchev–Trinajstić information content (AvgIpc) is 2.79. The Morgan fingerprint density at radius 1 is 1.33 bits per heavy atom. The van der Waals surface area contributed by atoms with E-state index in [2.05, 4.69) is 31.9 Å². The number of allylic oxidation sites excluding steroid dienone is 2. The van der Waals surface area contributed by atoms with E-state index in [1.54, 1.807) is 0 Å². The lowest BCUT2D eigenvalue weighted by atomic mass is 9.89. The molecule has 1 aliphatic carbocycles. The molecule has 0 atom stereocenters. The number of hydrogen-bond donors (Lipinski definition) is 0. The van der Waals surface area contributed by atoms with Gasteiger partial charge in [-0.3, -0.25) is 0 Å². The molecule has 0 radical (unpaired) electrons. The highest BCUT2D eigenvalue weighted by Gasteiger charge is 2.32. The van der Waals surface area contributed by atoms with Crippen molar-refractivity contribution in [3.8, 4) is 12.3 Å². The zero-order valence-electron chi connectivity index (χ0n) is 8.14. The lowest BCUT2D eigenvalue weighted by molar-refractivity contribution is 0.420. The van der Waals surface area contributed by atoms with Crippen molar-refractivity contribution >= 4 is 0 Å². The van der Waals surface area contributed by atoms with E-state index in [1.165, 1.54) is 12.8 Å². The van der Waals surface area contributed by atoms with Crippen molar-refractivity contribution < 1.29 is 0 Å². The van der Waals surface area contributed by atoms with Crippen molar-refractivity contribution in [3.05, 3.63) is 12.2 Å². The quantitative estimate of drug-likeness (QED) is 0.429. The van der Waals surface area contributed by atoms with Gasteiger partial charge in [0.05, 0.1) is 0 Å². The normalized spacial score (nSPS) is 17.8. The third-order valence-electron chi connectivity index (χ3n) is 2.56. The Morgan fingerprint density at radius 2 is 2.00 bits per heavy atom. The van der Waals surface area contributed by atoms with Crippen LogP contribution in [0, 0.1) is 23.7 Å². The number of rotatable bonds is 5. The van der Waals surface area contributed by atoms with Gasteiger partial charge in [-0.05, 0) is 25.2 Å². The fourth-order valence-electron chi connectivity index (χ4n) is 1.44. The maximum atomic E-state index is 5.24. The van der Waals surface area contributed by atoms with Gasteiger partial charge in [0.25, 0.3) is 0 Å². The van der Waals surface area contributed by atoms with Crippen molar-refractivity contribution in [1.82, 2.24) is 0 Å². The Bertz CT molecular complexity index is 197. The van der Waals surface area contributed by atoms with Crippen molar-refractivity contribution in [2.24, 2.45) is 11.3 Å². The van der Waals surface area contributed by atoms with Gasteiger partial charge in [0.1, 0.15) is 0 Å². The third-order valence-corrected chi connectivity index (χ3v) is 2.56. The van der Waals surface area contributed by atoms with Gasteiger partial charge in [0, 0.05) is 11.8 Å². The summed E-state index contributed by atoms with van der Waals surface area (Å²) < 4.78 is 0. The van der Waals surface area contributed by atoms with Crippen LogP contribution < -0.4 is 0 Å². The molecule has 0 unspecified atom stereocenters. The molecular formula is C12H18. The molecule has 1 rings (SSSR count). The van der Waals surface area contributed by atoms with Crippen LogP contribution in [0.3, 0.4) is 0 Å². The summed E-state index contributed by atoms with van der Waals surface area (Å²) in [5, 5.41) is 0. The first kappa shape index (κ1) is 9.39. The van der Waals surface area contributed by atoms with Crippen molar-refractivity contribution in [2.75, 3.05) is 0 Å². The molecule has 0 heterocycles. The first-order valence-corrected chi connectivity index (χ1v) is 4.82. The maximum Gasteiger partial charge on any atom is 0.00973 e. The summed E-state index contributed by atoms with van der Waals surface area (Å²) in [6.07, 6.45) is 14.6. The second kappa shape index (κ2) is 3.81. The zero-order valence-corrected chi connectivity index (χ0v) is 8.14. The molecule has 66 valence electrons. The molecule has 0 aromatic carbocycles. The molecule has 0 fully saturated rings. The summed E-state index contributed by atoms with van der Waals surface area (Å²) in [7, 11) is 0. The van der Waals surface area contributed by atoms with Gasteiger partial charge < -0.3 is 0 Å². The summed E-state index contributed by atoms with van der Waals surface area (Å²) in [6.45, 7) is 4.55. The van der Waals surface area contributed by atoms with Crippen LogP contribution in [-0.2, 0) is 0 Å². The Hall–Kier alpha value is -0.700. The van der Waals surface area contributed by atoms with E-state index in [0.29, 0.717) is 5.41 Å². The monoisotopic (exact) mass is 162 g/mol. The summed E-state index contributed by atoms with van der Waals surface area (Å²) in [5.41, 5.74) is 0.441. The second-order valence-corrected chi connectivity index (χ2v) is 4.20. The Morgan fingerprint density at radius 3 is 2.42 bits per heavy atom. The molecule has 0 saturated carbocycles. The molecule has 0 spiro atoms.